The van der Waals surface area contributed by atoms with Gasteiger partial charge in [-0.2, -0.15) is 8.42 Å². The lowest BCUT2D eigenvalue weighted by Crippen LogP contribution is -1.88. The lowest BCUT2D eigenvalue weighted by atomic mass is 10.4. The average Bonchev–Trinajstić information content (AvgIpc) is 1.85. The lowest BCUT2D eigenvalue weighted by molar-refractivity contribution is 0.490. The van der Waals surface area contributed by atoms with Gasteiger partial charge in [0.25, 0.3) is 10.1 Å². The van der Waals surface area contributed by atoms with E-state index in [9.17, 15) is 8.42 Å². The SMILES string of the molecule is CS(=O)(=O)O.Clc1ccccc1. The zero-order valence-corrected chi connectivity index (χ0v) is 8.01. The first-order valence-corrected chi connectivity index (χ1v) is 5.25. The molecule has 0 saturated carbocycles. The minimum atomic E-state index is -3.67. The van der Waals surface area contributed by atoms with Crippen molar-refractivity contribution in [3.05, 3.63) is 35.4 Å². The zero-order chi connectivity index (χ0) is 9.61. The molecule has 0 bridgehead atoms. The van der Waals surface area contributed by atoms with Crippen LogP contribution < -0.4 is 0 Å². The van der Waals surface area contributed by atoms with E-state index in [4.69, 9.17) is 16.2 Å². The van der Waals surface area contributed by atoms with E-state index in [-0.39, 0.29) is 0 Å². The summed E-state index contributed by atoms with van der Waals surface area (Å²) in [7, 11) is -3.67. The Morgan fingerprint density at radius 3 is 1.75 bits per heavy atom. The average molecular weight is 209 g/mol. The van der Waals surface area contributed by atoms with Crippen LogP contribution >= 0.6 is 11.6 Å². The molecule has 0 aromatic heterocycles. The Morgan fingerprint density at radius 1 is 1.25 bits per heavy atom. The van der Waals surface area contributed by atoms with Crippen LogP contribution in [0.3, 0.4) is 0 Å². The van der Waals surface area contributed by atoms with Crippen LogP contribution in [0.4, 0.5) is 0 Å². The number of hydrogen-bond acceptors (Lipinski definition) is 2. The van der Waals surface area contributed by atoms with E-state index in [2.05, 4.69) is 0 Å². The van der Waals surface area contributed by atoms with Gasteiger partial charge in [0.2, 0.25) is 0 Å². The van der Waals surface area contributed by atoms with Crippen LogP contribution in [0.2, 0.25) is 5.02 Å². The second-order valence-corrected chi connectivity index (χ2v) is 3.93. The summed E-state index contributed by atoms with van der Waals surface area (Å²) in [6, 6.07) is 9.44. The minimum absolute atomic E-state index is 0.715. The first kappa shape index (κ1) is 11.4. The van der Waals surface area contributed by atoms with Crippen LogP contribution in [-0.2, 0) is 10.1 Å². The van der Waals surface area contributed by atoms with Gasteiger partial charge < -0.3 is 0 Å². The number of rotatable bonds is 0. The van der Waals surface area contributed by atoms with Crippen LogP contribution in [0.5, 0.6) is 0 Å². The third-order valence-corrected chi connectivity index (χ3v) is 0.985. The van der Waals surface area contributed by atoms with Crippen molar-refractivity contribution in [2.45, 2.75) is 0 Å². The Balaban J connectivity index is 0.000000217. The van der Waals surface area contributed by atoms with Crippen LogP contribution in [0.25, 0.3) is 0 Å². The highest BCUT2D eigenvalue weighted by Crippen LogP contribution is 2.03. The Hall–Kier alpha value is -0.580. The molecule has 0 amide bonds. The summed E-state index contributed by atoms with van der Waals surface area (Å²) >= 11 is 5.54. The lowest BCUT2D eigenvalue weighted by Gasteiger charge is -1.80. The van der Waals surface area contributed by atoms with Gasteiger partial charge in [0.1, 0.15) is 0 Å². The molecule has 0 unspecified atom stereocenters. The highest BCUT2D eigenvalue weighted by molar-refractivity contribution is 7.85. The molecular formula is C7H9ClO3S. The molecule has 0 atom stereocenters. The maximum absolute atomic E-state index is 9.19. The van der Waals surface area contributed by atoms with Crippen LogP contribution in [-0.4, -0.2) is 19.2 Å². The first-order valence-electron chi connectivity index (χ1n) is 3.02. The van der Waals surface area contributed by atoms with E-state index in [1.54, 1.807) is 0 Å². The molecule has 1 aromatic rings. The predicted octanol–water partition coefficient (Wildman–Crippen LogP) is 1.84. The van der Waals surface area contributed by atoms with Gasteiger partial charge in [0.05, 0.1) is 6.26 Å². The molecule has 3 nitrogen and oxygen atoms in total. The Morgan fingerprint density at radius 2 is 1.58 bits per heavy atom. The van der Waals surface area contributed by atoms with E-state index in [1.165, 1.54) is 0 Å². The molecule has 0 radical (unpaired) electrons. The maximum atomic E-state index is 9.19. The summed E-state index contributed by atoms with van der Waals surface area (Å²) in [5.74, 6) is 0. The molecule has 68 valence electrons. The second-order valence-electron chi connectivity index (χ2n) is 2.03. The number of halogens is 1. The molecule has 5 heteroatoms. The van der Waals surface area contributed by atoms with Gasteiger partial charge in [-0.3, -0.25) is 4.55 Å². The molecule has 0 aliphatic carbocycles. The van der Waals surface area contributed by atoms with E-state index in [0.29, 0.717) is 6.26 Å². The summed E-state index contributed by atoms with van der Waals surface area (Å²) < 4.78 is 25.9. The van der Waals surface area contributed by atoms with Crippen molar-refractivity contribution in [2.24, 2.45) is 0 Å². The van der Waals surface area contributed by atoms with Crippen molar-refractivity contribution in [3.63, 3.8) is 0 Å². The van der Waals surface area contributed by atoms with Gasteiger partial charge in [-0.25, -0.2) is 0 Å². The predicted molar refractivity (Wildman–Crippen MR) is 48.9 cm³/mol. The van der Waals surface area contributed by atoms with Crippen LogP contribution in [0.1, 0.15) is 0 Å². The molecular weight excluding hydrogens is 200 g/mol. The van der Waals surface area contributed by atoms with Gasteiger partial charge >= 0.3 is 0 Å². The van der Waals surface area contributed by atoms with Crippen molar-refractivity contribution in [2.75, 3.05) is 6.26 Å². The van der Waals surface area contributed by atoms with Crippen molar-refractivity contribution in [3.8, 4) is 0 Å². The molecule has 0 saturated heterocycles. The Kier molecular flexibility index (Phi) is 4.89. The molecule has 0 aliphatic heterocycles. The van der Waals surface area contributed by atoms with Crippen molar-refractivity contribution < 1.29 is 13.0 Å². The van der Waals surface area contributed by atoms with Gasteiger partial charge in [0, 0.05) is 5.02 Å². The zero-order valence-electron chi connectivity index (χ0n) is 6.44. The fraction of sp³-hybridized carbons (Fsp3) is 0.143. The second kappa shape index (κ2) is 5.13. The van der Waals surface area contributed by atoms with E-state index in [0.717, 1.165) is 5.02 Å². The van der Waals surface area contributed by atoms with Gasteiger partial charge in [-0.15, -0.1) is 0 Å². The standard InChI is InChI=1S/C6H5Cl.CH4O3S/c7-6-4-2-1-3-5-6;1-5(2,3)4/h1-5H;1H3,(H,2,3,4). The highest BCUT2D eigenvalue weighted by atomic mass is 35.5. The molecule has 12 heavy (non-hydrogen) atoms. The molecule has 1 rings (SSSR count). The number of hydrogen-bond donors (Lipinski definition) is 1. The normalized spacial score (nSPS) is 9.92. The molecule has 1 N–H and O–H groups in total. The smallest absolute Gasteiger partial charge is 0.261 e. The van der Waals surface area contributed by atoms with E-state index in [1.807, 2.05) is 30.3 Å². The summed E-state index contributed by atoms with van der Waals surface area (Å²) in [4.78, 5) is 0. The summed E-state index contributed by atoms with van der Waals surface area (Å²) in [5, 5.41) is 0.794. The van der Waals surface area contributed by atoms with Crippen molar-refractivity contribution in [1.29, 1.82) is 0 Å². The molecule has 0 heterocycles. The maximum Gasteiger partial charge on any atom is 0.261 e. The Labute approximate surface area is 76.7 Å². The monoisotopic (exact) mass is 208 g/mol. The topological polar surface area (TPSA) is 54.4 Å². The largest absolute Gasteiger partial charge is 0.286 e. The van der Waals surface area contributed by atoms with Crippen LogP contribution in [0, 0.1) is 0 Å². The Bertz CT molecular complexity index is 299. The quantitative estimate of drug-likeness (QED) is 0.662. The fourth-order valence-electron chi connectivity index (χ4n) is 0.415. The fourth-order valence-corrected chi connectivity index (χ4v) is 0.560. The third kappa shape index (κ3) is 12.1. The van der Waals surface area contributed by atoms with Gasteiger partial charge in [-0.05, 0) is 12.1 Å². The van der Waals surface area contributed by atoms with Crippen LogP contribution in [0.15, 0.2) is 30.3 Å². The van der Waals surface area contributed by atoms with E-state index < -0.39 is 10.1 Å². The van der Waals surface area contributed by atoms with Gasteiger partial charge in [-0.1, -0.05) is 29.8 Å². The highest BCUT2D eigenvalue weighted by Gasteiger charge is 1.81. The van der Waals surface area contributed by atoms with E-state index >= 15 is 0 Å². The molecule has 0 aliphatic rings. The molecule has 0 fully saturated rings. The summed E-state index contributed by atoms with van der Waals surface area (Å²) in [6.07, 6.45) is 0.715. The first-order chi connectivity index (χ1) is 5.39. The molecule has 1 aromatic carbocycles. The van der Waals surface area contributed by atoms with Crippen molar-refractivity contribution in [1.82, 2.24) is 0 Å². The minimum Gasteiger partial charge on any atom is -0.286 e. The van der Waals surface area contributed by atoms with Gasteiger partial charge in [0.15, 0.2) is 0 Å². The third-order valence-electron chi connectivity index (χ3n) is 0.733. The summed E-state index contributed by atoms with van der Waals surface area (Å²) in [5.41, 5.74) is 0. The summed E-state index contributed by atoms with van der Waals surface area (Å²) in [6.45, 7) is 0. The number of benzene rings is 1. The molecule has 0 spiro atoms. The van der Waals surface area contributed by atoms with Crippen molar-refractivity contribution >= 4 is 21.7 Å².